The van der Waals surface area contributed by atoms with Gasteiger partial charge in [0.05, 0.1) is 21.7 Å². The second-order valence-corrected chi connectivity index (χ2v) is 6.25. The molecule has 0 spiro atoms. The summed E-state index contributed by atoms with van der Waals surface area (Å²) in [6, 6.07) is 3.91. The lowest BCUT2D eigenvalue weighted by Gasteiger charge is -2.12. The first kappa shape index (κ1) is 19.6. The molecule has 13 heteroatoms. The van der Waals surface area contributed by atoms with E-state index in [1.54, 1.807) is 0 Å². The lowest BCUT2D eigenvalue weighted by molar-refractivity contribution is 0.101. The van der Waals surface area contributed by atoms with Gasteiger partial charge in [-0.25, -0.2) is 9.89 Å². The van der Waals surface area contributed by atoms with Gasteiger partial charge in [0.2, 0.25) is 11.7 Å². The smallest absolute Gasteiger partial charge is 0.434 e. The molecule has 4 N–H and O–H groups in total. The van der Waals surface area contributed by atoms with Gasteiger partial charge in [-0.2, -0.15) is 0 Å². The number of aromatic nitrogens is 4. The standard InChI is InChI=1S/C15H11Cl2N5O6/c1-5(23)7-4-10(20-21-13(7)24)27-11-8(16)2-6(3-9(11)17)18-14(25)12-19-15(26)28-22-12/h2-5,23H,1H3,(H,18,25)(H,21,24)(H,19,22,26)/t5-/m0/s1. The minimum atomic E-state index is -1.04. The molecule has 1 amide bonds. The van der Waals surface area contributed by atoms with Crippen molar-refractivity contribution in [3.05, 3.63) is 60.5 Å². The normalized spacial score (nSPS) is 11.9. The molecular formula is C15H11Cl2N5O6. The van der Waals surface area contributed by atoms with Gasteiger partial charge in [0, 0.05) is 11.8 Å². The molecule has 0 saturated heterocycles. The van der Waals surface area contributed by atoms with E-state index in [1.807, 2.05) is 0 Å². The van der Waals surface area contributed by atoms with Crippen LogP contribution in [-0.4, -0.2) is 31.4 Å². The highest BCUT2D eigenvalue weighted by atomic mass is 35.5. The summed E-state index contributed by atoms with van der Waals surface area (Å²) in [5, 5.41) is 21.2. The van der Waals surface area contributed by atoms with Gasteiger partial charge in [-0.1, -0.05) is 23.2 Å². The summed E-state index contributed by atoms with van der Waals surface area (Å²) in [6.07, 6.45) is -1.04. The maximum atomic E-state index is 12.0. The Morgan fingerprint density at radius 2 is 1.96 bits per heavy atom. The highest BCUT2D eigenvalue weighted by Gasteiger charge is 2.17. The van der Waals surface area contributed by atoms with Crippen LogP contribution in [0.15, 0.2) is 32.3 Å². The summed E-state index contributed by atoms with van der Waals surface area (Å²) in [7, 11) is 0. The second-order valence-electron chi connectivity index (χ2n) is 5.44. The fraction of sp³-hybridized carbons (Fsp3) is 0.133. The zero-order valence-corrected chi connectivity index (χ0v) is 15.5. The summed E-state index contributed by atoms with van der Waals surface area (Å²) < 4.78 is 9.74. The van der Waals surface area contributed by atoms with Crippen molar-refractivity contribution in [3.8, 4) is 11.6 Å². The first-order valence-electron chi connectivity index (χ1n) is 7.56. The lowest BCUT2D eigenvalue weighted by atomic mass is 10.2. The molecule has 3 rings (SSSR count). The lowest BCUT2D eigenvalue weighted by Crippen LogP contribution is -2.16. The Kier molecular flexibility index (Phi) is 5.49. The second kappa shape index (κ2) is 7.84. The fourth-order valence-electron chi connectivity index (χ4n) is 2.12. The number of carbonyl (C=O) groups excluding carboxylic acids is 1. The number of hydrogen-bond donors (Lipinski definition) is 4. The van der Waals surface area contributed by atoms with Crippen molar-refractivity contribution in [2.75, 3.05) is 5.32 Å². The van der Waals surface area contributed by atoms with Crippen LogP contribution < -0.4 is 21.4 Å². The van der Waals surface area contributed by atoms with E-state index < -0.39 is 23.3 Å². The topological polar surface area (TPSA) is 163 Å². The third-order valence-corrected chi connectivity index (χ3v) is 3.94. The predicted octanol–water partition coefficient (Wildman–Crippen LogP) is 1.85. The summed E-state index contributed by atoms with van der Waals surface area (Å²) in [5.74, 6) is -2.02. The van der Waals surface area contributed by atoms with E-state index in [1.165, 1.54) is 25.1 Å². The fourth-order valence-corrected chi connectivity index (χ4v) is 2.68. The van der Waals surface area contributed by atoms with Crippen molar-refractivity contribution in [3.63, 3.8) is 0 Å². The summed E-state index contributed by atoms with van der Waals surface area (Å²) in [5.41, 5.74) is -0.332. The van der Waals surface area contributed by atoms with Crippen LogP contribution in [-0.2, 0) is 0 Å². The van der Waals surface area contributed by atoms with Crippen LogP contribution in [0, 0.1) is 0 Å². The highest BCUT2D eigenvalue weighted by Crippen LogP contribution is 2.38. The average molecular weight is 428 g/mol. The monoisotopic (exact) mass is 427 g/mol. The van der Waals surface area contributed by atoms with E-state index in [4.69, 9.17) is 27.9 Å². The van der Waals surface area contributed by atoms with E-state index in [-0.39, 0.29) is 38.8 Å². The molecule has 2 aromatic heterocycles. The molecule has 3 aromatic rings. The van der Waals surface area contributed by atoms with Gasteiger partial charge in [0.25, 0.3) is 11.5 Å². The Bertz CT molecular complexity index is 1130. The van der Waals surface area contributed by atoms with Crippen molar-refractivity contribution < 1.29 is 19.2 Å². The first-order valence-corrected chi connectivity index (χ1v) is 8.32. The molecular weight excluding hydrogens is 417 g/mol. The molecule has 0 aliphatic rings. The Balaban J connectivity index is 1.84. The third-order valence-electron chi connectivity index (χ3n) is 3.38. The van der Waals surface area contributed by atoms with Gasteiger partial charge in [-0.05, 0) is 24.2 Å². The number of anilines is 1. The van der Waals surface area contributed by atoms with Crippen molar-refractivity contribution in [1.29, 1.82) is 0 Å². The van der Waals surface area contributed by atoms with Crippen LogP contribution >= 0.6 is 23.2 Å². The van der Waals surface area contributed by atoms with Gasteiger partial charge in [-0.15, -0.1) is 5.10 Å². The number of halogens is 2. The quantitative estimate of drug-likeness (QED) is 0.478. The molecule has 146 valence electrons. The predicted molar refractivity (Wildman–Crippen MR) is 97.1 cm³/mol. The third kappa shape index (κ3) is 4.22. The number of benzene rings is 1. The number of nitrogens with one attached hydrogen (secondary N) is 3. The molecule has 0 unspecified atom stereocenters. The molecule has 28 heavy (non-hydrogen) atoms. The SMILES string of the molecule is C[C@H](O)c1cc(Oc2c(Cl)cc(NC(=O)c3noc(=O)[nH]3)cc2Cl)n[nH]c1=O. The van der Waals surface area contributed by atoms with Crippen LogP contribution in [0.5, 0.6) is 11.6 Å². The number of amides is 1. The molecule has 0 aliphatic carbocycles. The van der Waals surface area contributed by atoms with Crippen molar-refractivity contribution >= 4 is 34.8 Å². The molecule has 1 atom stereocenters. The minimum absolute atomic E-state index is 0.00673. The van der Waals surface area contributed by atoms with E-state index in [9.17, 15) is 19.5 Å². The van der Waals surface area contributed by atoms with Crippen LogP contribution in [0.3, 0.4) is 0 Å². The molecule has 0 radical (unpaired) electrons. The number of rotatable bonds is 5. The molecule has 0 saturated carbocycles. The number of H-pyrrole nitrogens is 2. The van der Waals surface area contributed by atoms with Gasteiger partial charge < -0.3 is 15.2 Å². The zero-order valence-electron chi connectivity index (χ0n) is 13.9. The number of ether oxygens (including phenoxy) is 1. The van der Waals surface area contributed by atoms with Gasteiger partial charge >= 0.3 is 5.76 Å². The van der Waals surface area contributed by atoms with Crippen LogP contribution in [0.2, 0.25) is 10.0 Å². The molecule has 0 aliphatic heterocycles. The van der Waals surface area contributed by atoms with Crippen molar-refractivity contribution in [2.45, 2.75) is 13.0 Å². The van der Waals surface area contributed by atoms with Gasteiger partial charge in [-0.3, -0.25) is 19.1 Å². The Hall–Kier alpha value is -3.15. The van der Waals surface area contributed by atoms with E-state index in [0.29, 0.717) is 0 Å². The van der Waals surface area contributed by atoms with Gasteiger partial charge in [0.15, 0.2) is 5.75 Å². The molecule has 1 aromatic carbocycles. The zero-order chi connectivity index (χ0) is 20.4. The van der Waals surface area contributed by atoms with E-state index in [0.717, 1.165) is 0 Å². The summed E-state index contributed by atoms with van der Waals surface area (Å²) in [6.45, 7) is 1.41. The molecule has 0 fully saturated rings. The summed E-state index contributed by atoms with van der Waals surface area (Å²) >= 11 is 12.3. The largest absolute Gasteiger partial charge is 0.439 e. The number of aliphatic hydroxyl groups is 1. The number of aromatic amines is 2. The first-order chi connectivity index (χ1) is 13.2. The number of nitrogens with zero attached hydrogens (tertiary/aromatic N) is 2. The van der Waals surface area contributed by atoms with Crippen LogP contribution in [0.4, 0.5) is 5.69 Å². The molecule has 0 bridgehead atoms. The summed E-state index contributed by atoms with van der Waals surface area (Å²) in [4.78, 5) is 36.6. The number of aliphatic hydroxyl groups excluding tert-OH is 1. The molecule has 2 heterocycles. The van der Waals surface area contributed by atoms with E-state index in [2.05, 4.69) is 30.2 Å². The maximum Gasteiger partial charge on any atom is 0.439 e. The van der Waals surface area contributed by atoms with Crippen LogP contribution in [0.25, 0.3) is 0 Å². The maximum absolute atomic E-state index is 12.0. The highest BCUT2D eigenvalue weighted by molar-refractivity contribution is 6.37. The van der Waals surface area contributed by atoms with E-state index >= 15 is 0 Å². The van der Waals surface area contributed by atoms with Crippen molar-refractivity contribution in [1.82, 2.24) is 20.3 Å². The Morgan fingerprint density at radius 3 is 2.54 bits per heavy atom. The number of hydrogen-bond acceptors (Lipinski definition) is 8. The van der Waals surface area contributed by atoms with Gasteiger partial charge in [0.1, 0.15) is 0 Å². The number of carbonyl (C=O) groups is 1. The average Bonchev–Trinajstić information content (AvgIpc) is 3.06. The van der Waals surface area contributed by atoms with Crippen molar-refractivity contribution in [2.24, 2.45) is 0 Å². The Labute approximate surface area is 165 Å². The van der Waals surface area contributed by atoms with Crippen LogP contribution in [0.1, 0.15) is 29.2 Å². The Morgan fingerprint density at radius 1 is 1.29 bits per heavy atom. The minimum Gasteiger partial charge on any atom is -0.434 e. The molecule has 11 nitrogen and oxygen atoms in total.